The summed E-state index contributed by atoms with van der Waals surface area (Å²) in [5.74, 6) is -0.107. The number of nitrogens with two attached hydrogens (primary N) is 1. The molecule has 0 fully saturated rings. The van der Waals surface area contributed by atoms with Gasteiger partial charge in [0.15, 0.2) is 5.69 Å². The molecule has 0 saturated heterocycles. The molecule has 0 spiro atoms. The molecule has 5 rings (SSSR count). The summed E-state index contributed by atoms with van der Waals surface area (Å²) in [6.45, 7) is 0. The lowest BCUT2D eigenvalue weighted by molar-refractivity contribution is 0.428. The van der Waals surface area contributed by atoms with Crippen molar-refractivity contribution in [3.63, 3.8) is 0 Å². The van der Waals surface area contributed by atoms with Crippen LogP contribution in [0, 0.1) is 11.3 Å². The monoisotopic (exact) mass is 513 g/mol. The van der Waals surface area contributed by atoms with E-state index in [0.717, 1.165) is 22.3 Å². The van der Waals surface area contributed by atoms with E-state index in [4.69, 9.17) is 10.4 Å². The third-order valence-corrected chi connectivity index (χ3v) is 7.37. The molecule has 0 radical (unpaired) electrons. The highest BCUT2D eigenvalue weighted by Gasteiger charge is 2.22. The van der Waals surface area contributed by atoms with E-state index in [2.05, 4.69) is 10.1 Å². The second-order valence-electron chi connectivity index (χ2n) is 8.00. The number of primary sulfonamides is 1. The van der Waals surface area contributed by atoms with Crippen LogP contribution < -0.4 is 5.14 Å². The summed E-state index contributed by atoms with van der Waals surface area (Å²) in [7, 11) is -3.81. The number of benzene rings is 3. The molecular formula is C26H19N5O3S2. The number of aromatic nitrogens is 3. The Kier molecular flexibility index (Phi) is 6.12. The normalized spacial score (nSPS) is 11.3. The maximum absolute atomic E-state index is 11.6. The Morgan fingerprint density at radius 1 is 0.972 bits per heavy atom. The van der Waals surface area contributed by atoms with E-state index in [1.54, 1.807) is 17.5 Å². The van der Waals surface area contributed by atoms with Gasteiger partial charge in [-0.25, -0.2) is 18.5 Å². The van der Waals surface area contributed by atoms with E-state index in [9.17, 15) is 13.5 Å². The van der Waals surface area contributed by atoms with Crippen molar-refractivity contribution in [3.8, 4) is 39.5 Å². The van der Waals surface area contributed by atoms with Crippen LogP contribution >= 0.6 is 11.3 Å². The maximum atomic E-state index is 11.6. The summed E-state index contributed by atoms with van der Waals surface area (Å²) < 4.78 is 24.6. The van der Waals surface area contributed by atoms with Crippen LogP contribution in [0.3, 0.4) is 0 Å². The third kappa shape index (κ3) is 4.63. The van der Waals surface area contributed by atoms with Crippen molar-refractivity contribution < 1.29 is 13.5 Å². The number of hydrogen-bond acceptors (Lipinski definition) is 7. The Balaban J connectivity index is 1.62. The second-order valence-corrected chi connectivity index (χ2v) is 10.4. The lowest BCUT2D eigenvalue weighted by atomic mass is 9.98. The smallest absolute Gasteiger partial charge is 0.238 e. The van der Waals surface area contributed by atoms with E-state index in [1.165, 1.54) is 28.2 Å². The minimum Gasteiger partial charge on any atom is -0.493 e. The number of sulfonamides is 1. The van der Waals surface area contributed by atoms with E-state index in [0.29, 0.717) is 16.4 Å². The molecule has 10 heteroatoms. The molecule has 3 N–H and O–H groups in total. The number of nitrogens with zero attached hydrogens (tertiary/aromatic N) is 4. The van der Waals surface area contributed by atoms with Gasteiger partial charge >= 0.3 is 0 Å². The first kappa shape index (κ1) is 23.4. The molecule has 2 heterocycles. The first-order chi connectivity index (χ1) is 17.3. The molecule has 0 aliphatic heterocycles. The van der Waals surface area contributed by atoms with E-state index in [-0.39, 0.29) is 22.9 Å². The molecular weight excluding hydrogens is 494 g/mol. The fourth-order valence-corrected chi connectivity index (χ4v) is 5.08. The van der Waals surface area contributed by atoms with Crippen molar-refractivity contribution in [3.05, 3.63) is 101 Å². The molecule has 0 amide bonds. The molecule has 3 aromatic carbocycles. The van der Waals surface area contributed by atoms with Crippen molar-refractivity contribution >= 4 is 21.4 Å². The van der Waals surface area contributed by atoms with Crippen LogP contribution in [0.2, 0.25) is 0 Å². The minimum atomic E-state index is -3.81. The molecule has 0 bridgehead atoms. The van der Waals surface area contributed by atoms with Gasteiger partial charge in [0.25, 0.3) is 0 Å². The van der Waals surface area contributed by atoms with Crippen LogP contribution in [-0.2, 0) is 16.4 Å². The maximum Gasteiger partial charge on any atom is 0.238 e. The SMILES string of the molecule is N#Cc1csc(-n2nc(-c3cccc(-c4ccccc4)c3)c(Cc3ccc(S(N)(=O)=O)cc3)c2O)n1. The predicted octanol–water partition coefficient (Wildman–Crippen LogP) is 4.48. The van der Waals surface area contributed by atoms with Crippen molar-refractivity contribution in [1.82, 2.24) is 14.8 Å². The van der Waals surface area contributed by atoms with E-state index in [1.807, 2.05) is 60.7 Å². The first-order valence-corrected chi connectivity index (χ1v) is 13.2. The van der Waals surface area contributed by atoms with Gasteiger partial charge < -0.3 is 5.11 Å². The average Bonchev–Trinajstić information content (AvgIpc) is 3.49. The van der Waals surface area contributed by atoms with Crippen LogP contribution in [0.15, 0.2) is 89.1 Å². The van der Waals surface area contributed by atoms with Gasteiger partial charge in [0.2, 0.25) is 21.0 Å². The summed E-state index contributed by atoms with van der Waals surface area (Å²) >= 11 is 1.20. The number of nitriles is 1. The summed E-state index contributed by atoms with van der Waals surface area (Å²) in [6, 6.07) is 25.9. The Labute approximate surface area is 211 Å². The number of hydrogen-bond donors (Lipinski definition) is 2. The van der Waals surface area contributed by atoms with Gasteiger partial charge in [-0.3, -0.25) is 0 Å². The Morgan fingerprint density at radius 2 is 1.67 bits per heavy atom. The van der Waals surface area contributed by atoms with Gasteiger partial charge in [0.05, 0.1) is 4.90 Å². The molecule has 8 nitrogen and oxygen atoms in total. The van der Waals surface area contributed by atoms with Gasteiger partial charge in [-0.05, 0) is 34.9 Å². The lowest BCUT2D eigenvalue weighted by Gasteiger charge is -2.07. The van der Waals surface area contributed by atoms with E-state index >= 15 is 0 Å². The van der Waals surface area contributed by atoms with Gasteiger partial charge in [-0.2, -0.15) is 15.0 Å². The summed E-state index contributed by atoms with van der Waals surface area (Å²) in [6.07, 6.45) is 0.276. The molecule has 0 unspecified atom stereocenters. The summed E-state index contributed by atoms with van der Waals surface area (Å²) in [4.78, 5) is 4.24. The number of thiazole rings is 1. The minimum absolute atomic E-state index is 0.00812. The molecule has 0 aliphatic carbocycles. The highest BCUT2D eigenvalue weighted by Crippen LogP contribution is 2.36. The van der Waals surface area contributed by atoms with Crippen molar-refractivity contribution in [2.24, 2.45) is 5.14 Å². The molecule has 0 aliphatic rings. The first-order valence-electron chi connectivity index (χ1n) is 10.8. The zero-order valence-electron chi connectivity index (χ0n) is 18.7. The van der Waals surface area contributed by atoms with Gasteiger partial charge in [0, 0.05) is 22.9 Å². The topological polar surface area (TPSA) is 135 Å². The van der Waals surface area contributed by atoms with E-state index < -0.39 is 10.0 Å². The zero-order chi connectivity index (χ0) is 25.3. The fraction of sp³-hybridized carbons (Fsp3) is 0.0385. The largest absolute Gasteiger partial charge is 0.493 e. The van der Waals surface area contributed by atoms with Crippen molar-refractivity contribution in [1.29, 1.82) is 5.26 Å². The molecule has 2 aromatic heterocycles. The van der Waals surface area contributed by atoms with Gasteiger partial charge in [-0.1, -0.05) is 60.7 Å². The highest BCUT2D eigenvalue weighted by molar-refractivity contribution is 7.89. The highest BCUT2D eigenvalue weighted by atomic mass is 32.2. The lowest BCUT2D eigenvalue weighted by Crippen LogP contribution is -2.11. The van der Waals surface area contributed by atoms with Crippen LogP contribution in [0.25, 0.3) is 27.5 Å². The average molecular weight is 514 g/mol. The summed E-state index contributed by atoms with van der Waals surface area (Å²) in [5.41, 5.74) is 4.91. The number of aromatic hydroxyl groups is 1. The Bertz CT molecular complexity index is 1700. The molecule has 36 heavy (non-hydrogen) atoms. The molecule has 0 saturated carbocycles. The molecule has 0 atom stereocenters. The van der Waals surface area contributed by atoms with Crippen LogP contribution in [0.5, 0.6) is 5.88 Å². The number of rotatable bonds is 6. The quantitative estimate of drug-likeness (QED) is 0.344. The standard InChI is InChI=1S/C26H19N5O3S2/c27-15-21-16-35-26(29-21)31-25(32)23(13-17-9-11-22(12-10-17)36(28,33)34)24(30-31)20-8-4-7-19(14-20)18-5-2-1-3-6-18/h1-12,14,16,32H,13H2,(H2,28,33,34). The van der Waals surface area contributed by atoms with Crippen molar-refractivity contribution in [2.75, 3.05) is 0 Å². The molecule has 5 aromatic rings. The van der Waals surface area contributed by atoms with Gasteiger partial charge in [0.1, 0.15) is 11.8 Å². The summed E-state index contributed by atoms with van der Waals surface area (Å²) in [5, 5.41) is 32.2. The molecule has 178 valence electrons. The zero-order valence-corrected chi connectivity index (χ0v) is 20.4. The third-order valence-electron chi connectivity index (χ3n) is 5.62. The fourth-order valence-electron chi connectivity index (χ4n) is 3.86. The van der Waals surface area contributed by atoms with Crippen LogP contribution in [-0.4, -0.2) is 28.3 Å². The van der Waals surface area contributed by atoms with Crippen LogP contribution in [0.4, 0.5) is 0 Å². The van der Waals surface area contributed by atoms with Crippen LogP contribution in [0.1, 0.15) is 16.8 Å². The second kappa shape index (κ2) is 9.39. The predicted molar refractivity (Wildman–Crippen MR) is 137 cm³/mol. The van der Waals surface area contributed by atoms with Crippen molar-refractivity contribution in [2.45, 2.75) is 11.3 Å². The Morgan fingerprint density at radius 3 is 2.33 bits per heavy atom. The Hall–Kier alpha value is -4.30. The van der Waals surface area contributed by atoms with Gasteiger partial charge in [-0.15, -0.1) is 11.3 Å².